The Hall–Kier alpha value is -1.26. The zero-order valence-electron chi connectivity index (χ0n) is 8.48. The standard InChI is InChI=1S/C10H15NO4/c12-8(13)10(6-7-2-3-7)4-1-5-11(10)9(14)15/h7H,1-6H2,(H,12,13)(H,14,15). The number of amides is 1. The van der Waals surface area contributed by atoms with Gasteiger partial charge in [0.15, 0.2) is 0 Å². The second-order valence-electron chi connectivity index (χ2n) is 4.52. The highest BCUT2D eigenvalue weighted by Gasteiger charge is 2.52. The van der Waals surface area contributed by atoms with Crippen molar-refractivity contribution in [2.24, 2.45) is 5.92 Å². The fraction of sp³-hybridized carbons (Fsp3) is 0.800. The van der Waals surface area contributed by atoms with Crippen molar-refractivity contribution < 1.29 is 19.8 Å². The molecule has 84 valence electrons. The van der Waals surface area contributed by atoms with Crippen LogP contribution < -0.4 is 0 Å². The third kappa shape index (κ3) is 1.66. The number of likely N-dealkylation sites (tertiary alicyclic amines) is 1. The van der Waals surface area contributed by atoms with E-state index in [0.29, 0.717) is 31.7 Å². The van der Waals surface area contributed by atoms with Gasteiger partial charge in [0.2, 0.25) is 0 Å². The zero-order valence-corrected chi connectivity index (χ0v) is 8.48. The van der Waals surface area contributed by atoms with Crippen LogP contribution in [0.5, 0.6) is 0 Å². The van der Waals surface area contributed by atoms with Gasteiger partial charge in [-0.05, 0) is 25.2 Å². The number of nitrogens with zero attached hydrogens (tertiary/aromatic N) is 1. The molecule has 0 spiro atoms. The molecule has 2 aliphatic rings. The molecule has 15 heavy (non-hydrogen) atoms. The lowest BCUT2D eigenvalue weighted by Crippen LogP contribution is -2.53. The molecule has 5 nitrogen and oxygen atoms in total. The number of hydrogen-bond acceptors (Lipinski definition) is 2. The first-order valence-electron chi connectivity index (χ1n) is 5.30. The number of carbonyl (C=O) groups is 2. The lowest BCUT2D eigenvalue weighted by atomic mass is 9.90. The van der Waals surface area contributed by atoms with Crippen molar-refractivity contribution in [2.75, 3.05) is 6.54 Å². The fourth-order valence-electron chi connectivity index (χ4n) is 2.48. The fourth-order valence-corrected chi connectivity index (χ4v) is 2.48. The number of rotatable bonds is 3. The van der Waals surface area contributed by atoms with Crippen LogP contribution in [0.2, 0.25) is 0 Å². The van der Waals surface area contributed by atoms with Gasteiger partial charge in [0.05, 0.1) is 0 Å². The summed E-state index contributed by atoms with van der Waals surface area (Å²) in [6, 6.07) is 0. The van der Waals surface area contributed by atoms with Crippen LogP contribution in [-0.2, 0) is 4.79 Å². The molecule has 2 rings (SSSR count). The highest BCUT2D eigenvalue weighted by molar-refractivity contribution is 5.84. The van der Waals surface area contributed by atoms with Crippen molar-refractivity contribution in [3.63, 3.8) is 0 Å². The SMILES string of the molecule is O=C(O)N1CCCC1(CC1CC1)C(=O)O. The van der Waals surface area contributed by atoms with Gasteiger partial charge in [-0.3, -0.25) is 4.90 Å². The third-order valence-electron chi connectivity index (χ3n) is 3.44. The van der Waals surface area contributed by atoms with Gasteiger partial charge in [0.25, 0.3) is 0 Å². The molecule has 1 amide bonds. The van der Waals surface area contributed by atoms with E-state index >= 15 is 0 Å². The quantitative estimate of drug-likeness (QED) is 0.742. The largest absolute Gasteiger partial charge is 0.479 e. The second-order valence-corrected chi connectivity index (χ2v) is 4.52. The van der Waals surface area contributed by atoms with Crippen molar-refractivity contribution >= 4 is 12.1 Å². The minimum Gasteiger partial charge on any atom is -0.479 e. The van der Waals surface area contributed by atoms with E-state index < -0.39 is 17.6 Å². The van der Waals surface area contributed by atoms with Crippen molar-refractivity contribution in [1.82, 2.24) is 4.90 Å². The van der Waals surface area contributed by atoms with Gasteiger partial charge in [-0.25, -0.2) is 9.59 Å². The summed E-state index contributed by atoms with van der Waals surface area (Å²) in [5.41, 5.74) is -1.13. The predicted molar refractivity (Wildman–Crippen MR) is 51.7 cm³/mol. The zero-order chi connectivity index (χ0) is 11.1. The maximum Gasteiger partial charge on any atom is 0.408 e. The molecular weight excluding hydrogens is 198 g/mol. The molecule has 1 saturated heterocycles. The Morgan fingerprint density at radius 3 is 2.47 bits per heavy atom. The molecule has 0 aromatic heterocycles. The first-order valence-corrected chi connectivity index (χ1v) is 5.30. The Kier molecular flexibility index (Phi) is 2.32. The molecule has 1 unspecified atom stereocenters. The Bertz CT molecular complexity index is 300. The third-order valence-corrected chi connectivity index (χ3v) is 3.44. The van der Waals surface area contributed by atoms with E-state index in [1.54, 1.807) is 0 Å². The Balaban J connectivity index is 2.22. The topological polar surface area (TPSA) is 77.8 Å². The molecule has 0 aromatic rings. The normalized spacial score (nSPS) is 30.5. The molecule has 0 bridgehead atoms. The van der Waals surface area contributed by atoms with Gasteiger partial charge in [0.1, 0.15) is 5.54 Å². The summed E-state index contributed by atoms with van der Waals surface area (Å²) in [5.74, 6) is -0.560. The number of carboxylic acid groups (broad SMARTS) is 2. The highest BCUT2D eigenvalue weighted by atomic mass is 16.4. The van der Waals surface area contributed by atoms with E-state index in [-0.39, 0.29) is 0 Å². The van der Waals surface area contributed by atoms with Crippen molar-refractivity contribution in [3.05, 3.63) is 0 Å². The lowest BCUT2D eigenvalue weighted by molar-refractivity contribution is -0.149. The Morgan fingerprint density at radius 1 is 1.33 bits per heavy atom. The Morgan fingerprint density at radius 2 is 2.00 bits per heavy atom. The van der Waals surface area contributed by atoms with E-state index in [1.165, 1.54) is 0 Å². The smallest absolute Gasteiger partial charge is 0.408 e. The summed E-state index contributed by atoms with van der Waals surface area (Å²) < 4.78 is 0. The van der Waals surface area contributed by atoms with E-state index in [1.807, 2.05) is 0 Å². The van der Waals surface area contributed by atoms with Gasteiger partial charge >= 0.3 is 12.1 Å². The minimum absolute atomic E-state index is 0.356. The highest BCUT2D eigenvalue weighted by Crippen LogP contribution is 2.43. The Labute approximate surface area is 87.7 Å². The van der Waals surface area contributed by atoms with Crippen molar-refractivity contribution in [3.8, 4) is 0 Å². The van der Waals surface area contributed by atoms with Gasteiger partial charge in [-0.2, -0.15) is 0 Å². The van der Waals surface area contributed by atoms with Crippen LogP contribution in [0.4, 0.5) is 4.79 Å². The minimum atomic E-state index is -1.13. The predicted octanol–water partition coefficient (Wildman–Crippen LogP) is 1.38. The van der Waals surface area contributed by atoms with Crippen LogP contribution in [0.15, 0.2) is 0 Å². The summed E-state index contributed by atoms with van der Waals surface area (Å²) in [6.07, 6.45) is 2.60. The van der Waals surface area contributed by atoms with Crippen LogP contribution in [0, 0.1) is 5.92 Å². The monoisotopic (exact) mass is 213 g/mol. The number of carboxylic acids is 1. The average Bonchev–Trinajstić information content (AvgIpc) is 2.82. The summed E-state index contributed by atoms with van der Waals surface area (Å²) in [7, 11) is 0. The van der Waals surface area contributed by atoms with Crippen LogP contribution in [0.25, 0.3) is 0 Å². The lowest BCUT2D eigenvalue weighted by Gasteiger charge is -2.32. The van der Waals surface area contributed by atoms with Crippen LogP contribution in [0.1, 0.15) is 32.1 Å². The van der Waals surface area contributed by atoms with Gasteiger partial charge in [-0.15, -0.1) is 0 Å². The summed E-state index contributed by atoms with van der Waals surface area (Å²) in [6.45, 7) is 0.356. The second kappa shape index (κ2) is 3.40. The molecular formula is C10H15NO4. The van der Waals surface area contributed by atoms with E-state index in [2.05, 4.69) is 0 Å². The molecule has 2 N–H and O–H groups in total. The number of hydrogen-bond donors (Lipinski definition) is 2. The molecule has 1 aliphatic heterocycles. The summed E-state index contributed by atoms with van der Waals surface area (Å²) in [4.78, 5) is 23.4. The van der Waals surface area contributed by atoms with Crippen molar-refractivity contribution in [2.45, 2.75) is 37.6 Å². The first-order chi connectivity index (χ1) is 7.06. The molecule has 1 heterocycles. The molecule has 1 saturated carbocycles. The molecule has 5 heteroatoms. The van der Waals surface area contributed by atoms with Gasteiger partial charge < -0.3 is 10.2 Å². The van der Waals surface area contributed by atoms with Crippen LogP contribution >= 0.6 is 0 Å². The van der Waals surface area contributed by atoms with Gasteiger partial charge in [-0.1, -0.05) is 12.8 Å². The van der Waals surface area contributed by atoms with E-state index in [4.69, 9.17) is 5.11 Å². The molecule has 0 radical (unpaired) electrons. The number of aliphatic carboxylic acids is 1. The van der Waals surface area contributed by atoms with E-state index in [0.717, 1.165) is 17.7 Å². The van der Waals surface area contributed by atoms with Gasteiger partial charge in [0, 0.05) is 6.54 Å². The molecule has 0 aromatic carbocycles. The maximum absolute atomic E-state index is 11.3. The van der Waals surface area contributed by atoms with Crippen LogP contribution in [-0.4, -0.2) is 39.3 Å². The molecule has 1 aliphatic carbocycles. The van der Waals surface area contributed by atoms with E-state index in [9.17, 15) is 14.7 Å². The maximum atomic E-state index is 11.3. The molecule has 2 fully saturated rings. The summed E-state index contributed by atoms with van der Waals surface area (Å²) in [5, 5.41) is 18.2. The first kappa shape index (κ1) is 10.3. The summed E-state index contributed by atoms with van der Waals surface area (Å²) >= 11 is 0. The van der Waals surface area contributed by atoms with Crippen molar-refractivity contribution in [1.29, 1.82) is 0 Å². The van der Waals surface area contributed by atoms with Crippen LogP contribution in [0.3, 0.4) is 0 Å². The average molecular weight is 213 g/mol. The molecule has 1 atom stereocenters.